The number of anilines is 1. The zero-order chi connectivity index (χ0) is 12.3. The fraction of sp³-hybridized carbons (Fsp3) is 0.727. The molecular weight excluding hydrogens is 220 g/mol. The second kappa shape index (κ2) is 5.16. The van der Waals surface area contributed by atoms with Gasteiger partial charge in [-0.1, -0.05) is 13.3 Å². The SMILES string of the molecule is CCOc1n[nH]c(NC(=O)C2CCCC2C)n1. The summed E-state index contributed by atoms with van der Waals surface area (Å²) < 4.78 is 5.11. The van der Waals surface area contributed by atoms with Crippen molar-refractivity contribution in [2.75, 3.05) is 11.9 Å². The molecular formula is C11H18N4O2. The Bertz CT molecular complexity index is 391. The lowest BCUT2D eigenvalue weighted by Crippen LogP contribution is -2.25. The predicted molar refractivity (Wildman–Crippen MR) is 62.7 cm³/mol. The van der Waals surface area contributed by atoms with Gasteiger partial charge in [0.15, 0.2) is 0 Å². The van der Waals surface area contributed by atoms with E-state index in [0.29, 0.717) is 18.5 Å². The maximum absolute atomic E-state index is 12.0. The number of ether oxygens (including phenoxy) is 1. The van der Waals surface area contributed by atoms with E-state index in [9.17, 15) is 4.79 Å². The highest BCUT2D eigenvalue weighted by Gasteiger charge is 2.30. The van der Waals surface area contributed by atoms with Gasteiger partial charge in [-0.3, -0.25) is 10.1 Å². The molecule has 1 heterocycles. The van der Waals surface area contributed by atoms with Gasteiger partial charge in [-0.15, -0.1) is 5.10 Å². The van der Waals surface area contributed by atoms with Gasteiger partial charge in [-0.25, -0.2) is 5.10 Å². The molecule has 1 saturated carbocycles. The molecule has 1 aliphatic carbocycles. The Balaban J connectivity index is 1.93. The average Bonchev–Trinajstić information content (AvgIpc) is 2.88. The zero-order valence-corrected chi connectivity index (χ0v) is 10.2. The highest BCUT2D eigenvalue weighted by Crippen LogP contribution is 2.31. The summed E-state index contributed by atoms with van der Waals surface area (Å²) in [5, 5.41) is 9.22. The van der Waals surface area contributed by atoms with Crippen molar-refractivity contribution in [1.29, 1.82) is 0 Å². The Kier molecular flexibility index (Phi) is 3.61. The summed E-state index contributed by atoms with van der Waals surface area (Å²) >= 11 is 0. The molecule has 94 valence electrons. The van der Waals surface area contributed by atoms with Crippen LogP contribution in [-0.2, 0) is 4.79 Å². The third-order valence-electron chi connectivity index (χ3n) is 3.18. The van der Waals surface area contributed by atoms with Crippen LogP contribution in [0, 0.1) is 11.8 Å². The predicted octanol–water partition coefficient (Wildman–Crippen LogP) is 1.58. The minimum Gasteiger partial charge on any atom is -0.463 e. The first-order valence-corrected chi connectivity index (χ1v) is 6.06. The molecule has 1 amide bonds. The Morgan fingerprint density at radius 1 is 1.59 bits per heavy atom. The van der Waals surface area contributed by atoms with Crippen molar-refractivity contribution in [2.24, 2.45) is 11.8 Å². The van der Waals surface area contributed by atoms with Crippen molar-refractivity contribution in [1.82, 2.24) is 15.2 Å². The molecule has 0 bridgehead atoms. The Morgan fingerprint density at radius 2 is 2.41 bits per heavy atom. The monoisotopic (exact) mass is 238 g/mol. The highest BCUT2D eigenvalue weighted by atomic mass is 16.5. The van der Waals surface area contributed by atoms with Gasteiger partial charge in [0, 0.05) is 5.92 Å². The Labute approximate surface area is 100 Å². The summed E-state index contributed by atoms with van der Waals surface area (Å²) in [5.41, 5.74) is 0. The minimum atomic E-state index is 0.0224. The van der Waals surface area contributed by atoms with Crippen LogP contribution in [-0.4, -0.2) is 27.7 Å². The number of aromatic nitrogens is 3. The van der Waals surface area contributed by atoms with Crippen molar-refractivity contribution in [2.45, 2.75) is 33.1 Å². The maximum atomic E-state index is 12.0. The summed E-state index contributed by atoms with van der Waals surface area (Å²) in [6.45, 7) is 4.48. The molecule has 0 radical (unpaired) electrons. The molecule has 0 saturated heterocycles. The van der Waals surface area contributed by atoms with Crippen LogP contribution < -0.4 is 10.1 Å². The first-order valence-electron chi connectivity index (χ1n) is 6.06. The number of carbonyl (C=O) groups excluding carboxylic acids is 1. The van der Waals surface area contributed by atoms with Crippen molar-refractivity contribution in [3.05, 3.63) is 0 Å². The van der Waals surface area contributed by atoms with E-state index in [2.05, 4.69) is 27.4 Å². The quantitative estimate of drug-likeness (QED) is 0.834. The molecule has 2 atom stereocenters. The third kappa shape index (κ3) is 2.75. The molecule has 1 aromatic heterocycles. The molecule has 1 aliphatic rings. The molecule has 0 aliphatic heterocycles. The standard InChI is InChI=1S/C11H18N4O2/c1-3-17-11-13-10(14-15-11)12-9(16)8-6-4-5-7(8)2/h7-8H,3-6H2,1-2H3,(H2,12,13,14,15,16). The van der Waals surface area contributed by atoms with Gasteiger partial charge < -0.3 is 4.74 Å². The van der Waals surface area contributed by atoms with E-state index in [1.54, 1.807) is 0 Å². The summed E-state index contributed by atoms with van der Waals surface area (Å²) in [6.07, 6.45) is 3.21. The summed E-state index contributed by atoms with van der Waals surface area (Å²) in [5.74, 6) is 0.923. The molecule has 0 spiro atoms. The van der Waals surface area contributed by atoms with Crippen LogP contribution in [0.3, 0.4) is 0 Å². The van der Waals surface area contributed by atoms with Crippen LogP contribution >= 0.6 is 0 Å². The molecule has 2 N–H and O–H groups in total. The number of hydrogen-bond acceptors (Lipinski definition) is 4. The third-order valence-corrected chi connectivity index (χ3v) is 3.18. The molecule has 17 heavy (non-hydrogen) atoms. The summed E-state index contributed by atoms with van der Waals surface area (Å²) in [6, 6.07) is 0.266. The van der Waals surface area contributed by atoms with E-state index in [4.69, 9.17) is 4.74 Å². The van der Waals surface area contributed by atoms with E-state index >= 15 is 0 Å². The first kappa shape index (κ1) is 11.9. The van der Waals surface area contributed by atoms with Crippen LogP contribution in [0.2, 0.25) is 0 Å². The lowest BCUT2D eigenvalue weighted by atomic mass is 9.97. The Hall–Kier alpha value is -1.59. The number of aromatic amines is 1. The van der Waals surface area contributed by atoms with E-state index in [-0.39, 0.29) is 17.8 Å². The number of hydrogen-bond donors (Lipinski definition) is 2. The van der Waals surface area contributed by atoms with Gasteiger partial charge in [0.05, 0.1) is 6.61 Å². The second-order valence-corrected chi connectivity index (χ2v) is 4.40. The maximum Gasteiger partial charge on any atom is 0.337 e. The number of H-pyrrole nitrogens is 1. The first-order chi connectivity index (χ1) is 8.20. The molecule has 2 rings (SSSR count). The largest absolute Gasteiger partial charge is 0.463 e. The van der Waals surface area contributed by atoms with E-state index in [0.717, 1.165) is 19.3 Å². The average molecular weight is 238 g/mol. The van der Waals surface area contributed by atoms with E-state index in [1.165, 1.54) is 0 Å². The number of rotatable bonds is 4. The summed E-state index contributed by atoms with van der Waals surface area (Å²) in [4.78, 5) is 16.0. The molecule has 6 nitrogen and oxygen atoms in total. The van der Waals surface area contributed by atoms with Crippen LogP contribution in [0.4, 0.5) is 5.95 Å². The lowest BCUT2D eigenvalue weighted by molar-refractivity contribution is -0.120. The van der Waals surface area contributed by atoms with Crippen molar-refractivity contribution in [3.8, 4) is 6.01 Å². The number of carbonyl (C=O) groups is 1. The normalized spacial score (nSPS) is 23.6. The minimum absolute atomic E-state index is 0.0224. The molecule has 0 aromatic carbocycles. The Morgan fingerprint density at radius 3 is 3.06 bits per heavy atom. The van der Waals surface area contributed by atoms with Crippen LogP contribution in [0.25, 0.3) is 0 Å². The van der Waals surface area contributed by atoms with E-state index in [1.807, 2.05) is 6.92 Å². The molecule has 6 heteroatoms. The number of nitrogens with zero attached hydrogens (tertiary/aromatic N) is 2. The van der Waals surface area contributed by atoms with Crippen LogP contribution in [0.15, 0.2) is 0 Å². The van der Waals surface area contributed by atoms with Gasteiger partial charge in [0.25, 0.3) is 0 Å². The zero-order valence-electron chi connectivity index (χ0n) is 10.2. The number of nitrogens with one attached hydrogen (secondary N) is 2. The van der Waals surface area contributed by atoms with Gasteiger partial charge >= 0.3 is 6.01 Å². The number of amides is 1. The molecule has 1 fully saturated rings. The van der Waals surface area contributed by atoms with Crippen molar-refractivity contribution in [3.63, 3.8) is 0 Å². The van der Waals surface area contributed by atoms with E-state index < -0.39 is 0 Å². The topological polar surface area (TPSA) is 79.9 Å². The fourth-order valence-electron chi connectivity index (χ4n) is 2.24. The molecule has 1 aromatic rings. The van der Waals surface area contributed by atoms with Gasteiger partial charge in [0.1, 0.15) is 0 Å². The van der Waals surface area contributed by atoms with Crippen molar-refractivity contribution < 1.29 is 9.53 Å². The second-order valence-electron chi connectivity index (χ2n) is 4.40. The van der Waals surface area contributed by atoms with Crippen LogP contribution in [0.1, 0.15) is 33.1 Å². The fourth-order valence-corrected chi connectivity index (χ4v) is 2.24. The van der Waals surface area contributed by atoms with Crippen molar-refractivity contribution >= 4 is 11.9 Å². The summed E-state index contributed by atoms with van der Waals surface area (Å²) in [7, 11) is 0. The van der Waals surface area contributed by atoms with Gasteiger partial charge in [-0.05, 0) is 25.7 Å². The van der Waals surface area contributed by atoms with Gasteiger partial charge in [0.2, 0.25) is 11.9 Å². The lowest BCUT2D eigenvalue weighted by Gasteiger charge is -2.13. The van der Waals surface area contributed by atoms with Gasteiger partial charge in [-0.2, -0.15) is 4.98 Å². The van der Waals surface area contributed by atoms with Crippen LogP contribution in [0.5, 0.6) is 6.01 Å². The smallest absolute Gasteiger partial charge is 0.337 e. The highest BCUT2D eigenvalue weighted by molar-refractivity contribution is 5.91. The molecule has 2 unspecified atom stereocenters.